The van der Waals surface area contributed by atoms with Gasteiger partial charge in [-0.3, -0.25) is 0 Å². The van der Waals surface area contributed by atoms with Gasteiger partial charge in [0.05, 0.1) is 36.8 Å². The van der Waals surface area contributed by atoms with E-state index < -0.39 is 11.6 Å². The molecule has 1 aromatic carbocycles. The largest absolute Gasteiger partial charge is 0.376 e. The highest BCUT2D eigenvalue weighted by atomic mass is 32.2. The van der Waals surface area contributed by atoms with E-state index in [1.54, 1.807) is 24.7 Å². The summed E-state index contributed by atoms with van der Waals surface area (Å²) in [5, 5.41) is 3.78. The third-order valence-corrected chi connectivity index (χ3v) is 10.1. The second-order valence-corrected chi connectivity index (χ2v) is 13.6. The zero-order valence-corrected chi connectivity index (χ0v) is 27.4. The number of rotatable bonds is 7. The van der Waals surface area contributed by atoms with Crippen LogP contribution in [0.2, 0.25) is 0 Å². The standard InChI is InChI=1S/C33H36F2N10OS/c1-18(2)45-20(4)41-30-23(34)11-21(12-25(30)45)29-24(35)14-40-32(43-29)42-26-13-22(5-8-37-26)47-28-16-38-27(15-39-28)44-9-6-33(7-10-44)17-46-19(3)31(33)36/h5,8,11-16,18-19,31H,6-7,9-10,17,36H2,1-4H3,(H,37,40,42,43)/t19-,31+/m0/s1. The first-order chi connectivity index (χ1) is 22.6. The van der Waals surface area contributed by atoms with Gasteiger partial charge >= 0.3 is 0 Å². The molecule has 0 radical (unpaired) electrons. The van der Waals surface area contributed by atoms with Crippen LogP contribution in [0, 0.1) is 24.0 Å². The van der Waals surface area contributed by atoms with Gasteiger partial charge in [-0.05, 0) is 64.8 Å². The number of nitrogens with two attached hydrogens (primary N) is 1. The topological polar surface area (TPSA) is 133 Å². The van der Waals surface area contributed by atoms with Gasteiger partial charge in [-0.15, -0.1) is 0 Å². The summed E-state index contributed by atoms with van der Waals surface area (Å²) in [6, 6.07) is 6.74. The number of nitrogens with one attached hydrogen (secondary N) is 1. The number of hydrogen-bond acceptors (Lipinski definition) is 11. The first-order valence-electron chi connectivity index (χ1n) is 15.7. The Labute approximate surface area is 275 Å². The molecule has 1 spiro atoms. The summed E-state index contributed by atoms with van der Waals surface area (Å²) < 4.78 is 37.9. The smallest absolute Gasteiger partial charge is 0.229 e. The summed E-state index contributed by atoms with van der Waals surface area (Å²) in [4.78, 5) is 29.7. The average molecular weight is 659 g/mol. The molecule has 2 aliphatic rings. The van der Waals surface area contributed by atoms with Crippen LogP contribution < -0.4 is 16.0 Å². The Morgan fingerprint density at radius 3 is 2.53 bits per heavy atom. The summed E-state index contributed by atoms with van der Waals surface area (Å²) >= 11 is 1.44. The van der Waals surface area contributed by atoms with Gasteiger partial charge in [-0.25, -0.2) is 38.7 Å². The maximum atomic E-state index is 15.1. The van der Waals surface area contributed by atoms with Crippen LogP contribution in [0.3, 0.4) is 0 Å². The first-order valence-corrected chi connectivity index (χ1v) is 16.5. The lowest BCUT2D eigenvalue weighted by Gasteiger charge is -2.41. The fourth-order valence-corrected chi connectivity index (χ4v) is 7.40. The molecule has 4 aromatic heterocycles. The van der Waals surface area contributed by atoms with Crippen LogP contribution >= 0.6 is 11.8 Å². The van der Waals surface area contributed by atoms with Gasteiger partial charge in [0.25, 0.3) is 0 Å². The predicted octanol–water partition coefficient (Wildman–Crippen LogP) is 6.07. The molecule has 2 aliphatic heterocycles. The molecule has 0 aliphatic carbocycles. The number of imidazole rings is 1. The van der Waals surface area contributed by atoms with E-state index in [2.05, 4.69) is 47.0 Å². The molecule has 0 bridgehead atoms. The minimum Gasteiger partial charge on any atom is -0.376 e. The lowest BCUT2D eigenvalue weighted by molar-refractivity contribution is 0.0974. The number of ether oxygens (including phenoxy) is 1. The number of halogens is 2. The SMILES string of the molecule is Cc1nc2c(F)cc(-c3nc(Nc4cc(Sc5cnc(N6CCC7(CC6)CO[C@@H](C)[C@H]7N)cn5)ccn4)ncc3F)cc2n1C(C)C. The predicted molar refractivity (Wildman–Crippen MR) is 177 cm³/mol. The minimum absolute atomic E-state index is 0.0313. The highest BCUT2D eigenvalue weighted by molar-refractivity contribution is 7.99. The molecule has 0 amide bonds. The van der Waals surface area contributed by atoms with E-state index in [9.17, 15) is 0 Å². The number of nitrogens with zero attached hydrogens (tertiary/aromatic N) is 8. The molecule has 2 fully saturated rings. The molecule has 0 saturated carbocycles. The second-order valence-electron chi connectivity index (χ2n) is 12.5. The van der Waals surface area contributed by atoms with Crippen molar-refractivity contribution in [1.82, 2.24) is 34.5 Å². The van der Waals surface area contributed by atoms with Gasteiger partial charge in [0.15, 0.2) is 11.6 Å². The molecule has 47 heavy (non-hydrogen) atoms. The Morgan fingerprint density at radius 2 is 1.83 bits per heavy atom. The normalized spacial score (nSPS) is 19.3. The molecule has 14 heteroatoms. The molecule has 5 aromatic rings. The van der Waals surface area contributed by atoms with Crippen molar-refractivity contribution in [3.05, 3.63) is 66.5 Å². The molecule has 2 saturated heterocycles. The Bertz CT molecular complexity index is 1930. The van der Waals surface area contributed by atoms with Crippen molar-refractivity contribution < 1.29 is 13.5 Å². The van der Waals surface area contributed by atoms with Crippen molar-refractivity contribution in [1.29, 1.82) is 0 Å². The van der Waals surface area contributed by atoms with E-state index in [-0.39, 0.29) is 46.3 Å². The Balaban J connectivity index is 1.04. The zero-order chi connectivity index (χ0) is 32.9. The van der Waals surface area contributed by atoms with Gasteiger partial charge in [-0.2, -0.15) is 0 Å². The van der Waals surface area contributed by atoms with Crippen LogP contribution in [0.5, 0.6) is 0 Å². The second kappa shape index (κ2) is 12.4. The number of aryl methyl sites for hydroxylation is 1. The Hall–Kier alpha value is -4.27. The fourth-order valence-electron chi connectivity index (χ4n) is 6.64. The highest BCUT2D eigenvalue weighted by Crippen LogP contribution is 2.42. The number of aromatic nitrogens is 7. The molecule has 3 N–H and O–H groups in total. The van der Waals surface area contributed by atoms with Gasteiger partial charge < -0.3 is 25.3 Å². The molecule has 7 rings (SSSR count). The Morgan fingerprint density at radius 1 is 1.02 bits per heavy atom. The van der Waals surface area contributed by atoms with Gasteiger partial charge in [-0.1, -0.05) is 11.8 Å². The van der Waals surface area contributed by atoms with E-state index in [1.165, 1.54) is 17.8 Å². The number of fused-ring (bicyclic) bond motifs is 1. The third kappa shape index (κ3) is 6.01. The van der Waals surface area contributed by atoms with E-state index in [0.29, 0.717) is 17.2 Å². The first kappa shape index (κ1) is 31.3. The maximum absolute atomic E-state index is 15.1. The number of hydrogen-bond donors (Lipinski definition) is 2. The average Bonchev–Trinajstić information content (AvgIpc) is 3.54. The number of pyridine rings is 1. The lowest BCUT2D eigenvalue weighted by atomic mass is 9.73. The molecule has 2 atom stereocenters. The van der Waals surface area contributed by atoms with Crippen molar-refractivity contribution in [2.45, 2.75) is 68.6 Å². The fraction of sp³-hybridized carbons (Fsp3) is 0.394. The van der Waals surface area contributed by atoms with Gasteiger partial charge in [0.2, 0.25) is 5.95 Å². The van der Waals surface area contributed by atoms with E-state index in [1.807, 2.05) is 37.5 Å². The van der Waals surface area contributed by atoms with Crippen LogP contribution in [0.4, 0.5) is 26.4 Å². The highest BCUT2D eigenvalue weighted by Gasteiger charge is 2.47. The summed E-state index contributed by atoms with van der Waals surface area (Å²) in [6.45, 7) is 10.3. The summed E-state index contributed by atoms with van der Waals surface area (Å²) in [7, 11) is 0. The van der Waals surface area contributed by atoms with Crippen molar-refractivity contribution in [2.24, 2.45) is 11.1 Å². The minimum atomic E-state index is -0.671. The quantitative estimate of drug-likeness (QED) is 0.211. The monoisotopic (exact) mass is 658 g/mol. The van der Waals surface area contributed by atoms with Crippen molar-refractivity contribution in [3.63, 3.8) is 0 Å². The number of benzene rings is 1. The summed E-state index contributed by atoms with van der Waals surface area (Å²) in [6.07, 6.45) is 8.32. The molecule has 244 valence electrons. The molecular weight excluding hydrogens is 622 g/mol. The molecule has 11 nitrogen and oxygen atoms in total. The molecular formula is C33H36F2N10OS. The maximum Gasteiger partial charge on any atom is 0.229 e. The number of piperidine rings is 1. The third-order valence-electron chi connectivity index (χ3n) is 9.20. The van der Waals surface area contributed by atoms with Gasteiger partial charge in [0.1, 0.15) is 33.7 Å². The van der Waals surface area contributed by atoms with Crippen LogP contribution in [0.15, 0.2) is 59.0 Å². The molecule has 0 unspecified atom stereocenters. The van der Waals surface area contributed by atoms with E-state index >= 15 is 8.78 Å². The van der Waals surface area contributed by atoms with E-state index in [4.69, 9.17) is 10.5 Å². The summed E-state index contributed by atoms with van der Waals surface area (Å²) in [5.41, 5.74) is 7.59. The van der Waals surface area contributed by atoms with Crippen LogP contribution in [0.25, 0.3) is 22.3 Å². The van der Waals surface area contributed by atoms with Crippen LogP contribution in [-0.4, -0.2) is 66.3 Å². The number of anilines is 3. The van der Waals surface area contributed by atoms with Crippen molar-refractivity contribution >= 4 is 40.4 Å². The summed E-state index contributed by atoms with van der Waals surface area (Å²) in [5.74, 6) is 0.884. The van der Waals surface area contributed by atoms with Crippen molar-refractivity contribution in [2.75, 3.05) is 29.9 Å². The lowest BCUT2D eigenvalue weighted by Crippen LogP contribution is -2.50. The van der Waals surface area contributed by atoms with Gasteiger partial charge in [0, 0.05) is 47.2 Å². The Kier molecular flexibility index (Phi) is 8.26. The zero-order valence-electron chi connectivity index (χ0n) is 26.6. The van der Waals surface area contributed by atoms with Crippen LogP contribution in [0.1, 0.15) is 45.5 Å². The van der Waals surface area contributed by atoms with E-state index in [0.717, 1.165) is 54.5 Å². The molecule has 6 heterocycles. The van der Waals surface area contributed by atoms with Crippen molar-refractivity contribution in [3.8, 4) is 11.3 Å². The van der Waals surface area contributed by atoms with Crippen LogP contribution in [-0.2, 0) is 4.74 Å².